The Kier molecular flexibility index (Phi) is 54.4. The molecule has 0 spiro atoms. The molecule has 0 rings (SSSR count). The Morgan fingerprint density at radius 3 is 0.826 bits per heavy atom. The van der Waals surface area contributed by atoms with Crippen molar-refractivity contribution in [3.05, 3.63) is 0 Å². The first-order valence-electron chi connectivity index (χ1n) is 31.3. The third-order valence-electron chi connectivity index (χ3n) is 14.8. The Morgan fingerprint density at radius 2 is 0.551 bits per heavy atom. The van der Waals surface area contributed by atoms with Gasteiger partial charge >= 0.3 is 17.9 Å². The molecule has 0 saturated carbocycles. The molecule has 0 saturated heterocycles. The lowest BCUT2D eigenvalue weighted by Crippen LogP contribution is -2.30. The van der Waals surface area contributed by atoms with E-state index in [4.69, 9.17) is 14.2 Å². The molecule has 0 heterocycles. The number of hydrogen-bond acceptors (Lipinski definition) is 6. The number of rotatable bonds is 57. The quantitative estimate of drug-likeness (QED) is 0.0343. The molecular formula is C63H122O6. The summed E-state index contributed by atoms with van der Waals surface area (Å²) in [4.78, 5) is 38.2. The standard InChI is InChI=1S/C63H122O6/c1-6-8-9-10-11-12-13-14-15-16-20-24-27-30-33-40-45-50-55-63(66)69-60(57-68-62(65)54-49-44-39-35-34-37-42-47-52-59(5)7-2)56-67-61(64)53-48-43-38-32-29-26-23-21-18-17-19-22-25-28-31-36-41-46-51-58(3)4/h58-60H,6-57H2,1-5H3/t59?,60-/m1/s1. The average Bonchev–Trinajstić information content (AvgIpc) is 3.34. The van der Waals surface area contributed by atoms with Crippen molar-refractivity contribution in [1.82, 2.24) is 0 Å². The van der Waals surface area contributed by atoms with Gasteiger partial charge in [-0.2, -0.15) is 0 Å². The van der Waals surface area contributed by atoms with Crippen molar-refractivity contribution in [2.75, 3.05) is 13.2 Å². The molecule has 0 aliphatic rings. The summed E-state index contributed by atoms with van der Waals surface area (Å²) in [6, 6.07) is 0. The van der Waals surface area contributed by atoms with Crippen LogP contribution in [0.25, 0.3) is 0 Å². The van der Waals surface area contributed by atoms with Crippen LogP contribution in [-0.2, 0) is 28.6 Å². The molecule has 1 unspecified atom stereocenters. The van der Waals surface area contributed by atoms with Crippen LogP contribution in [0, 0.1) is 11.8 Å². The first-order valence-corrected chi connectivity index (χ1v) is 31.3. The summed E-state index contributed by atoms with van der Waals surface area (Å²) in [6.45, 7) is 11.4. The van der Waals surface area contributed by atoms with E-state index in [1.807, 2.05) is 0 Å². The van der Waals surface area contributed by atoms with E-state index >= 15 is 0 Å². The molecule has 0 bridgehead atoms. The number of hydrogen-bond donors (Lipinski definition) is 0. The number of carbonyl (C=O) groups is 3. The van der Waals surface area contributed by atoms with E-state index in [2.05, 4.69) is 34.6 Å². The Balaban J connectivity index is 4.24. The number of ether oxygens (including phenoxy) is 3. The Hall–Kier alpha value is -1.59. The summed E-state index contributed by atoms with van der Waals surface area (Å²) in [5.74, 6) is 0.871. The average molecular weight is 976 g/mol. The van der Waals surface area contributed by atoms with Crippen LogP contribution in [0.4, 0.5) is 0 Å². The SMILES string of the molecule is CCCCCCCCCCCCCCCCCCCCC(=O)O[C@H](COC(=O)CCCCCCCCCCCCCCCCCCCCC(C)C)COC(=O)CCCCCCCCCCC(C)CC. The van der Waals surface area contributed by atoms with Crippen LogP contribution in [0.5, 0.6) is 0 Å². The molecule has 6 heteroatoms. The van der Waals surface area contributed by atoms with Crippen LogP contribution < -0.4 is 0 Å². The predicted molar refractivity (Wildman–Crippen MR) is 298 cm³/mol. The zero-order valence-corrected chi connectivity index (χ0v) is 47.5. The van der Waals surface area contributed by atoms with Crippen molar-refractivity contribution in [2.24, 2.45) is 11.8 Å². The minimum absolute atomic E-state index is 0.0625. The molecular weight excluding hydrogens is 853 g/mol. The Morgan fingerprint density at radius 1 is 0.304 bits per heavy atom. The van der Waals surface area contributed by atoms with Gasteiger partial charge < -0.3 is 14.2 Å². The molecule has 410 valence electrons. The van der Waals surface area contributed by atoms with Gasteiger partial charge in [-0.1, -0.05) is 317 Å². The molecule has 69 heavy (non-hydrogen) atoms. The van der Waals surface area contributed by atoms with Gasteiger partial charge in [-0.05, 0) is 31.1 Å². The lowest BCUT2D eigenvalue weighted by atomic mass is 9.99. The van der Waals surface area contributed by atoms with E-state index in [0.29, 0.717) is 19.3 Å². The highest BCUT2D eigenvalue weighted by atomic mass is 16.6. The smallest absolute Gasteiger partial charge is 0.306 e. The molecule has 2 atom stereocenters. The van der Waals surface area contributed by atoms with Crippen LogP contribution in [0.2, 0.25) is 0 Å². The van der Waals surface area contributed by atoms with Crippen molar-refractivity contribution >= 4 is 17.9 Å². The highest BCUT2D eigenvalue weighted by Crippen LogP contribution is 2.19. The monoisotopic (exact) mass is 975 g/mol. The normalized spacial score (nSPS) is 12.4. The van der Waals surface area contributed by atoms with E-state index in [1.165, 1.54) is 244 Å². The van der Waals surface area contributed by atoms with Gasteiger partial charge in [-0.25, -0.2) is 0 Å². The zero-order chi connectivity index (χ0) is 50.4. The topological polar surface area (TPSA) is 78.9 Å². The van der Waals surface area contributed by atoms with Crippen LogP contribution in [0.15, 0.2) is 0 Å². The fraction of sp³-hybridized carbons (Fsp3) is 0.952. The first kappa shape index (κ1) is 67.4. The minimum atomic E-state index is -0.764. The fourth-order valence-electron chi connectivity index (χ4n) is 9.73. The molecule has 0 aromatic rings. The van der Waals surface area contributed by atoms with Gasteiger partial charge in [0.25, 0.3) is 0 Å². The molecule has 6 nitrogen and oxygen atoms in total. The van der Waals surface area contributed by atoms with E-state index in [1.54, 1.807) is 0 Å². The van der Waals surface area contributed by atoms with E-state index in [-0.39, 0.29) is 31.1 Å². The largest absolute Gasteiger partial charge is 0.462 e. The molecule has 0 radical (unpaired) electrons. The van der Waals surface area contributed by atoms with E-state index in [0.717, 1.165) is 69.6 Å². The summed E-state index contributed by atoms with van der Waals surface area (Å²) >= 11 is 0. The summed E-state index contributed by atoms with van der Waals surface area (Å²) in [6.07, 6.45) is 61.0. The number of esters is 3. The van der Waals surface area contributed by atoms with Crippen molar-refractivity contribution in [3.63, 3.8) is 0 Å². The third kappa shape index (κ3) is 55.6. The van der Waals surface area contributed by atoms with Gasteiger partial charge in [-0.15, -0.1) is 0 Å². The number of unbranched alkanes of at least 4 members (excludes halogenated alkanes) is 41. The van der Waals surface area contributed by atoms with Crippen LogP contribution in [0.3, 0.4) is 0 Å². The lowest BCUT2D eigenvalue weighted by molar-refractivity contribution is -0.167. The molecule has 0 aliphatic heterocycles. The van der Waals surface area contributed by atoms with Crippen molar-refractivity contribution < 1.29 is 28.6 Å². The maximum atomic E-state index is 12.9. The van der Waals surface area contributed by atoms with Gasteiger partial charge in [-0.3, -0.25) is 14.4 Å². The maximum Gasteiger partial charge on any atom is 0.306 e. The summed E-state index contributed by atoms with van der Waals surface area (Å²) in [5, 5.41) is 0. The molecule has 0 aromatic carbocycles. The van der Waals surface area contributed by atoms with Gasteiger partial charge in [0.15, 0.2) is 6.10 Å². The van der Waals surface area contributed by atoms with Crippen molar-refractivity contribution in [3.8, 4) is 0 Å². The fourth-order valence-corrected chi connectivity index (χ4v) is 9.73. The highest BCUT2D eigenvalue weighted by Gasteiger charge is 2.19. The lowest BCUT2D eigenvalue weighted by Gasteiger charge is -2.18. The van der Waals surface area contributed by atoms with Gasteiger partial charge in [0.2, 0.25) is 0 Å². The van der Waals surface area contributed by atoms with Crippen molar-refractivity contribution in [2.45, 2.75) is 362 Å². The van der Waals surface area contributed by atoms with E-state index in [9.17, 15) is 14.4 Å². The van der Waals surface area contributed by atoms with Gasteiger partial charge in [0.05, 0.1) is 0 Å². The van der Waals surface area contributed by atoms with Crippen molar-refractivity contribution in [1.29, 1.82) is 0 Å². The second-order valence-corrected chi connectivity index (χ2v) is 22.4. The zero-order valence-electron chi connectivity index (χ0n) is 47.5. The highest BCUT2D eigenvalue weighted by molar-refractivity contribution is 5.71. The maximum absolute atomic E-state index is 12.9. The first-order chi connectivity index (χ1) is 33.8. The Bertz CT molecular complexity index is 1060. The van der Waals surface area contributed by atoms with Crippen LogP contribution in [0.1, 0.15) is 356 Å². The second-order valence-electron chi connectivity index (χ2n) is 22.4. The molecule has 0 amide bonds. The molecule has 0 N–H and O–H groups in total. The van der Waals surface area contributed by atoms with Crippen LogP contribution >= 0.6 is 0 Å². The summed E-state index contributed by atoms with van der Waals surface area (Å²) in [5.41, 5.74) is 0. The number of carbonyl (C=O) groups excluding carboxylic acids is 3. The second kappa shape index (κ2) is 55.7. The van der Waals surface area contributed by atoms with E-state index < -0.39 is 6.10 Å². The molecule has 0 aliphatic carbocycles. The van der Waals surface area contributed by atoms with Crippen LogP contribution in [-0.4, -0.2) is 37.2 Å². The third-order valence-corrected chi connectivity index (χ3v) is 14.8. The summed E-state index contributed by atoms with van der Waals surface area (Å²) < 4.78 is 16.9. The summed E-state index contributed by atoms with van der Waals surface area (Å²) in [7, 11) is 0. The van der Waals surface area contributed by atoms with Gasteiger partial charge in [0, 0.05) is 19.3 Å². The molecule has 0 aromatic heterocycles. The minimum Gasteiger partial charge on any atom is -0.462 e. The molecule has 0 fully saturated rings. The Labute approximate surface area is 431 Å². The van der Waals surface area contributed by atoms with Gasteiger partial charge in [0.1, 0.15) is 13.2 Å². The predicted octanol–water partition coefficient (Wildman–Crippen LogP) is 20.8.